The molecule has 0 aliphatic rings. The van der Waals surface area contributed by atoms with Crippen LogP contribution in [0.3, 0.4) is 0 Å². The molecule has 0 fully saturated rings. The monoisotopic (exact) mass is 479 g/mol. The fraction of sp³-hybridized carbons (Fsp3) is 0.0870. The summed E-state index contributed by atoms with van der Waals surface area (Å²) < 4.78 is 6.69. The molecule has 3 aromatic carbocycles. The minimum Gasteiger partial charge on any atom is -0.436 e. The number of halogens is 1. The van der Waals surface area contributed by atoms with E-state index in [0.29, 0.717) is 15.9 Å². The van der Waals surface area contributed by atoms with Crippen LogP contribution in [0.1, 0.15) is 21.5 Å². The highest BCUT2D eigenvalue weighted by Gasteiger charge is 2.13. The topological polar surface area (TPSA) is 67.2 Å². The van der Waals surface area contributed by atoms with Gasteiger partial charge in [0.05, 0.1) is 5.56 Å². The van der Waals surface area contributed by atoms with Crippen molar-refractivity contribution in [1.29, 1.82) is 0 Å². The van der Waals surface area contributed by atoms with Crippen molar-refractivity contribution in [3.05, 3.63) is 81.8 Å². The number of carbonyl (C=O) groups excluding carboxylic acids is 1. The Labute approximate surface area is 187 Å². The number of benzene rings is 3. The first kappa shape index (κ1) is 20.3. The number of nitrogens with zero attached hydrogens (tertiary/aromatic N) is 1. The molecule has 0 aliphatic heterocycles. The molecular formula is C23H18BrN3O2S. The molecule has 150 valence electrons. The maximum atomic E-state index is 12.4. The second-order valence-corrected chi connectivity index (χ2v) is 8.18. The van der Waals surface area contributed by atoms with Crippen LogP contribution >= 0.6 is 28.1 Å². The summed E-state index contributed by atoms with van der Waals surface area (Å²) in [4.78, 5) is 17.0. The van der Waals surface area contributed by atoms with Crippen LogP contribution in [-0.4, -0.2) is 16.0 Å². The van der Waals surface area contributed by atoms with E-state index in [0.717, 1.165) is 33.5 Å². The van der Waals surface area contributed by atoms with E-state index < -0.39 is 0 Å². The molecule has 4 aromatic rings. The first-order chi connectivity index (χ1) is 14.4. The SMILES string of the molecule is Cc1cc(C)c2oc(-c3cccc(NC(=S)NC(=O)c4ccccc4Br)c3)nc2c1. The molecule has 0 spiro atoms. The molecule has 0 saturated heterocycles. The summed E-state index contributed by atoms with van der Waals surface area (Å²) in [5, 5.41) is 5.94. The molecular weight excluding hydrogens is 462 g/mol. The van der Waals surface area contributed by atoms with E-state index in [9.17, 15) is 4.79 Å². The van der Waals surface area contributed by atoms with Gasteiger partial charge in [-0.25, -0.2) is 4.98 Å². The molecule has 5 nitrogen and oxygen atoms in total. The zero-order valence-corrected chi connectivity index (χ0v) is 18.7. The Morgan fingerprint density at radius 3 is 2.67 bits per heavy atom. The molecule has 7 heteroatoms. The van der Waals surface area contributed by atoms with Crippen LogP contribution < -0.4 is 10.6 Å². The van der Waals surface area contributed by atoms with Crippen molar-refractivity contribution in [2.45, 2.75) is 13.8 Å². The van der Waals surface area contributed by atoms with E-state index in [1.54, 1.807) is 18.2 Å². The van der Waals surface area contributed by atoms with E-state index in [4.69, 9.17) is 16.6 Å². The van der Waals surface area contributed by atoms with E-state index in [-0.39, 0.29) is 11.0 Å². The molecule has 1 amide bonds. The van der Waals surface area contributed by atoms with Crippen LogP contribution in [0.25, 0.3) is 22.6 Å². The zero-order chi connectivity index (χ0) is 21.3. The van der Waals surface area contributed by atoms with Gasteiger partial charge in [0.15, 0.2) is 10.7 Å². The van der Waals surface area contributed by atoms with Gasteiger partial charge in [0.1, 0.15) is 5.52 Å². The molecule has 2 N–H and O–H groups in total. The highest BCUT2D eigenvalue weighted by Crippen LogP contribution is 2.28. The van der Waals surface area contributed by atoms with Gasteiger partial charge in [-0.1, -0.05) is 24.3 Å². The van der Waals surface area contributed by atoms with Crippen LogP contribution in [-0.2, 0) is 0 Å². The van der Waals surface area contributed by atoms with Crippen molar-refractivity contribution in [2.24, 2.45) is 0 Å². The van der Waals surface area contributed by atoms with Crippen molar-refractivity contribution in [1.82, 2.24) is 10.3 Å². The number of hydrogen-bond acceptors (Lipinski definition) is 4. The number of fused-ring (bicyclic) bond motifs is 1. The number of oxazole rings is 1. The lowest BCUT2D eigenvalue weighted by Gasteiger charge is -2.11. The fourth-order valence-corrected chi connectivity index (χ4v) is 3.88. The first-order valence-electron chi connectivity index (χ1n) is 9.26. The Hall–Kier alpha value is -3.03. The normalized spacial score (nSPS) is 10.8. The minimum atomic E-state index is -0.291. The highest BCUT2D eigenvalue weighted by molar-refractivity contribution is 9.10. The van der Waals surface area contributed by atoms with Crippen molar-refractivity contribution < 1.29 is 9.21 Å². The maximum Gasteiger partial charge on any atom is 0.258 e. The second-order valence-electron chi connectivity index (χ2n) is 6.92. The third-order valence-corrected chi connectivity index (χ3v) is 5.43. The van der Waals surface area contributed by atoms with Crippen molar-refractivity contribution in [2.75, 3.05) is 5.32 Å². The number of anilines is 1. The van der Waals surface area contributed by atoms with Crippen molar-refractivity contribution >= 4 is 56.0 Å². The number of aromatic nitrogens is 1. The Bertz CT molecular complexity index is 1280. The smallest absolute Gasteiger partial charge is 0.258 e. The first-order valence-corrected chi connectivity index (χ1v) is 10.5. The van der Waals surface area contributed by atoms with Gasteiger partial charge in [-0.15, -0.1) is 0 Å². The van der Waals surface area contributed by atoms with Crippen LogP contribution in [0.5, 0.6) is 0 Å². The Kier molecular flexibility index (Phi) is 5.65. The number of aryl methyl sites for hydroxylation is 2. The van der Waals surface area contributed by atoms with Gasteiger partial charge in [0.25, 0.3) is 5.91 Å². The van der Waals surface area contributed by atoms with Gasteiger partial charge >= 0.3 is 0 Å². The molecule has 0 saturated carbocycles. The highest BCUT2D eigenvalue weighted by atomic mass is 79.9. The largest absolute Gasteiger partial charge is 0.436 e. The summed E-state index contributed by atoms with van der Waals surface area (Å²) in [6.07, 6.45) is 0. The number of rotatable bonds is 3. The van der Waals surface area contributed by atoms with E-state index in [2.05, 4.69) is 37.6 Å². The molecule has 0 aliphatic carbocycles. The summed E-state index contributed by atoms with van der Waals surface area (Å²) in [5.74, 6) is 0.242. The quantitative estimate of drug-likeness (QED) is 0.352. The van der Waals surface area contributed by atoms with Crippen molar-refractivity contribution in [3.63, 3.8) is 0 Å². The van der Waals surface area contributed by atoms with Crippen LogP contribution in [0.2, 0.25) is 0 Å². The molecule has 1 heterocycles. The zero-order valence-electron chi connectivity index (χ0n) is 16.3. The lowest BCUT2D eigenvalue weighted by atomic mass is 10.1. The standard InChI is InChI=1S/C23H18BrN3O2S/c1-13-10-14(2)20-19(11-13)26-22(29-20)15-6-5-7-16(12-15)25-23(30)27-21(28)17-8-3-4-9-18(17)24/h3-12H,1-2H3,(H2,25,27,28,30). The predicted molar refractivity (Wildman–Crippen MR) is 127 cm³/mol. The number of thiocarbonyl (C=S) groups is 1. The molecule has 1 aromatic heterocycles. The van der Waals surface area contributed by atoms with E-state index >= 15 is 0 Å². The van der Waals surface area contributed by atoms with Crippen LogP contribution in [0.4, 0.5) is 5.69 Å². The Balaban J connectivity index is 1.52. The third kappa shape index (κ3) is 4.27. The van der Waals surface area contributed by atoms with Gasteiger partial charge in [0, 0.05) is 15.7 Å². The van der Waals surface area contributed by atoms with Crippen LogP contribution in [0, 0.1) is 13.8 Å². The Morgan fingerprint density at radius 2 is 1.87 bits per heavy atom. The van der Waals surface area contributed by atoms with Gasteiger partial charge in [-0.2, -0.15) is 0 Å². The van der Waals surface area contributed by atoms with Gasteiger partial charge in [-0.3, -0.25) is 10.1 Å². The maximum absolute atomic E-state index is 12.4. The second kappa shape index (κ2) is 8.38. The average molecular weight is 480 g/mol. The molecule has 0 bridgehead atoms. The lowest BCUT2D eigenvalue weighted by Crippen LogP contribution is -2.34. The molecule has 4 rings (SSSR count). The molecule has 0 unspecified atom stereocenters. The third-order valence-electron chi connectivity index (χ3n) is 4.53. The van der Waals surface area contributed by atoms with Crippen LogP contribution in [0.15, 0.2) is 69.6 Å². The number of hydrogen-bond donors (Lipinski definition) is 2. The lowest BCUT2D eigenvalue weighted by molar-refractivity contribution is 0.0977. The van der Waals surface area contributed by atoms with Crippen molar-refractivity contribution in [3.8, 4) is 11.5 Å². The fourth-order valence-electron chi connectivity index (χ4n) is 3.21. The molecule has 0 atom stereocenters. The number of nitrogens with one attached hydrogen (secondary N) is 2. The van der Waals surface area contributed by atoms with Gasteiger partial charge in [-0.05, 0) is 89.5 Å². The van der Waals surface area contributed by atoms with Gasteiger partial charge in [0.2, 0.25) is 5.89 Å². The number of carbonyl (C=O) groups is 1. The average Bonchev–Trinajstić information content (AvgIpc) is 3.13. The summed E-state index contributed by atoms with van der Waals surface area (Å²) in [6.45, 7) is 4.04. The summed E-state index contributed by atoms with van der Waals surface area (Å²) in [7, 11) is 0. The summed E-state index contributed by atoms with van der Waals surface area (Å²) in [6, 6.07) is 18.8. The predicted octanol–water partition coefficient (Wildman–Crippen LogP) is 6.00. The van der Waals surface area contributed by atoms with E-state index in [1.165, 1.54) is 0 Å². The van der Waals surface area contributed by atoms with E-state index in [1.807, 2.05) is 50.2 Å². The molecule has 0 radical (unpaired) electrons. The Morgan fingerprint density at radius 1 is 1.07 bits per heavy atom. The summed E-state index contributed by atoms with van der Waals surface area (Å²) >= 11 is 8.67. The number of amides is 1. The van der Waals surface area contributed by atoms with Gasteiger partial charge < -0.3 is 9.73 Å². The minimum absolute atomic E-state index is 0.205. The molecule has 30 heavy (non-hydrogen) atoms. The summed E-state index contributed by atoms with van der Waals surface area (Å²) in [5.41, 5.74) is 5.85.